The Morgan fingerprint density at radius 3 is 2.52 bits per heavy atom. The molecule has 0 spiro atoms. The van der Waals surface area contributed by atoms with E-state index in [1.54, 1.807) is 14.2 Å². The highest BCUT2D eigenvalue weighted by molar-refractivity contribution is 9.10. The third kappa shape index (κ3) is 5.23. The SMILES string of the molecule is COc1ccc(CCC(=O)C(C)(C)Nc2cccc(Br)c2)c(OC)c1. The molecule has 134 valence electrons. The number of nitrogens with one attached hydrogen (secondary N) is 1. The third-order valence-electron chi connectivity index (χ3n) is 4.09. The predicted molar refractivity (Wildman–Crippen MR) is 105 cm³/mol. The number of Topliss-reactive ketones (excluding diaryl/α,β-unsaturated/α-hetero) is 1. The lowest BCUT2D eigenvalue weighted by Gasteiger charge is -2.26. The van der Waals surface area contributed by atoms with Gasteiger partial charge >= 0.3 is 0 Å². The average molecular weight is 406 g/mol. The zero-order valence-electron chi connectivity index (χ0n) is 15.1. The molecule has 25 heavy (non-hydrogen) atoms. The highest BCUT2D eigenvalue weighted by atomic mass is 79.9. The summed E-state index contributed by atoms with van der Waals surface area (Å²) in [5.41, 5.74) is 1.25. The van der Waals surface area contributed by atoms with Gasteiger partial charge in [0.25, 0.3) is 0 Å². The molecule has 0 aliphatic carbocycles. The Morgan fingerprint density at radius 1 is 1.12 bits per heavy atom. The Morgan fingerprint density at radius 2 is 1.88 bits per heavy atom. The van der Waals surface area contributed by atoms with Gasteiger partial charge in [0.05, 0.1) is 19.8 Å². The monoisotopic (exact) mass is 405 g/mol. The number of halogens is 1. The minimum atomic E-state index is -0.652. The van der Waals surface area contributed by atoms with Crippen LogP contribution < -0.4 is 14.8 Å². The number of anilines is 1. The second-order valence-corrected chi connectivity index (χ2v) is 7.28. The minimum Gasteiger partial charge on any atom is -0.497 e. The first-order valence-corrected chi connectivity index (χ1v) is 8.93. The van der Waals surface area contributed by atoms with Gasteiger partial charge in [0, 0.05) is 22.6 Å². The lowest BCUT2D eigenvalue weighted by atomic mass is 9.93. The number of aryl methyl sites for hydroxylation is 1. The number of benzene rings is 2. The second kappa shape index (κ2) is 8.39. The molecule has 0 radical (unpaired) electrons. The summed E-state index contributed by atoms with van der Waals surface area (Å²) in [7, 11) is 3.24. The molecular formula is C20H24BrNO3. The summed E-state index contributed by atoms with van der Waals surface area (Å²) in [4.78, 5) is 12.7. The van der Waals surface area contributed by atoms with Crippen molar-refractivity contribution < 1.29 is 14.3 Å². The van der Waals surface area contributed by atoms with E-state index in [0.29, 0.717) is 12.8 Å². The Hall–Kier alpha value is -2.01. The van der Waals surface area contributed by atoms with Crippen LogP contribution in [0.2, 0.25) is 0 Å². The van der Waals surface area contributed by atoms with E-state index in [2.05, 4.69) is 21.2 Å². The van der Waals surface area contributed by atoms with Crippen molar-refractivity contribution in [2.75, 3.05) is 19.5 Å². The largest absolute Gasteiger partial charge is 0.497 e. The van der Waals surface area contributed by atoms with Gasteiger partial charge in [-0.05, 0) is 50.1 Å². The molecule has 0 aliphatic rings. The summed E-state index contributed by atoms with van der Waals surface area (Å²) < 4.78 is 11.6. The molecule has 0 bridgehead atoms. The van der Waals surface area contributed by atoms with Crippen LogP contribution in [0.3, 0.4) is 0 Å². The third-order valence-corrected chi connectivity index (χ3v) is 4.59. The predicted octanol–water partition coefficient (Wildman–Crippen LogP) is 4.86. The van der Waals surface area contributed by atoms with Crippen LogP contribution in [-0.2, 0) is 11.2 Å². The highest BCUT2D eigenvalue weighted by Crippen LogP contribution is 2.27. The molecule has 5 heteroatoms. The van der Waals surface area contributed by atoms with Gasteiger partial charge in [0.1, 0.15) is 11.5 Å². The fourth-order valence-electron chi connectivity index (χ4n) is 2.62. The number of carbonyl (C=O) groups is 1. The molecule has 2 aromatic carbocycles. The summed E-state index contributed by atoms with van der Waals surface area (Å²) in [5.74, 6) is 1.62. The van der Waals surface area contributed by atoms with Gasteiger partial charge in [-0.3, -0.25) is 4.79 Å². The number of carbonyl (C=O) groups excluding carboxylic acids is 1. The molecule has 2 aromatic rings. The fourth-order valence-corrected chi connectivity index (χ4v) is 3.02. The van der Waals surface area contributed by atoms with E-state index in [9.17, 15) is 4.79 Å². The molecule has 1 N–H and O–H groups in total. The molecule has 0 unspecified atom stereocenters. The van der Waals surface area contributed by atoms with Crippen molar-refractivity contribution in [1.29, 1.82) is 0 Å². The van der Waals surface area contributed by atoms with E-state index in [4.69, 9.17) is 9.47 Å². The van der Waals surface area contributed by atoms with Gasteiger partial charge in [-0.1, -0.05) is 28.1 Å². The molecule has 2 rings (SSSR count). The van der Waals surface area contributed by atoms with Gasteiger partial charge in [-0.15, -0.1) is 0 Å². The van der Waals surface area contributed by atoms with Crippen molar-refractivity contribution in [3.05, 3.63) is 52.5 Å². The van der Waals surface area contributed by atoms with E-state index >= 15 is 0 Å². The molecule has 0 aliphatic heterocycles. The van der Waals surface area contributed by atoms with Crippen LogP contribution in [0.4, 0.5) is 5.69 Å². The first kappa shape index (κ1) is 19.3. The number of ether oxygens (including phenoxy) is 2. The molecule has 4 nitrogen and oxygen atoms in total. The van der Waals surface area contributed by atoms with E-state index < -0.39 is 5.54 Å². The van der Waals surface area contributed by atoms with Crippen LogP contribution in [0, 0.1) is 0 Å². The Labute approximate surface area is 157 Å². The second-order valence-electron chi connectivity index (χ2n) is 6.36. The van der Waals surface area contributed by atoms with Crippen LogP contribution in [0.25, 0.3) is 0 Å². The van der Waals surface area contributed by atoms with Crippen LogP contribution in [0.1, 0.15) is 25.8 Å². The van der Waals surface area contributed by atoms with Crippen LogP contribution in [-0.4, -0.2) is 25.5 Å². The van der Waals surface area contributed by atoms with Crippen molar-refractivity contribution in [2.45, 2.75) is 32.2 Å². The zero-order chi connectivity index (χ0) is 18.4. The molecule has 0 saturated carbocycles. The maximum absolute atomic E-state index is 12.7. The van der Waals surface area contributed by atoms with Gasteiger partial charge in [0.15, 0.2) is 5.78 Å². The standard InChI is InChI=1S/C20H24BrNO3/c1-20(2,22-16-7-5-6-15(21)12-16)19(23)11-9-14-8-10-17(24-3)13-18(14)25-4/h5-8,10,12-13,22H,9,11H2,1-4H3. The number of hydrogen-bond acceptors (Lipinski definition) is 4. The Balaban J connectivity index is 2.03. The molecule has 0 fully saturated rings. The summed E-state index contributed by atoms with van der Waals surface area (Å²) in [6.45, 7) is 3.81. The molecule has 0 heterocycles. The van der Waals surface area contributed by atoms with Gasteiger partial charge in [-0.25, -0.2) is 0 Å². The molecule has 0 amide bonds. The topological polar surface area (TPSA) is 47.6 Å². The molecule has 0 aromatic heterocycles. The molecule has 0 saturated heterocycles. The maximum Gasteiger partial charge on any atom is 0.157 e. The lowest BCUT2D eigenvalue weighted by Crippen LogP contribution is -2.40. The van der Waals surface area contributed by atoms with Crippen molar-refractivity contribution in [1.82, 2.24) is 0 Å². The number of hydrogen-bond donors (Lipinski definition) is 1. The number of methoxy groups -OCH3 is 2. The quantitative estimate of drug-likeness (QED) is 0.680. The van der Waals surface area contributed by atoms with Crippen molar-refractivity contribution in [3.8, 4) is 11.5 Å². The van der Waals surface area contributed by atoms with Crippen LogP contribution in [0.15, 0.2) is 46.9 Å². The zero-order valence-corrected chi connectivity index (χ0v) is 16.6. The first-order chi connectivity index (χ1) is 11.9. The number of rotatable bonds is 8. The van der Waals surface area contributed by atoms with E-state index in [-0.39, 0.29) is 5.78 Å². The summed E-state index contributed by atoms with van der Waals surface area (Å²) in [5, 5.41) is 3.31. The average Bonchev–Trinajstić information content (AvgIpc) is 2.59. The van der Waals surface area contributed by atoms with Gasteiger partial charge in [0.2, 0.25) is 0 Å². The summed E-state index contributed by atoms with van der Waals surface area (Å²) in [6.07, 6.45) is 1.05. The lowest BCUT2D eigenvalue weighted by molar-refractivity contribution is -0.122. The number of ketones is 1. The van der Waals surface area contributed by atoms with Crippen LogP contribution >= 0.6 is 15.9 Å². The fraction of sp³-hybridized carbons (Fsp3) is 0.350. The maximum atomic E-state index is 12.7. The summed E-state index contributed by atoms with van der Waals surface area (Å²) >= 11 is 3.45. The normalized spacial score (nSPS) is 11.1. The van der Waals surface area contributed by atoms with Crippen molar-refractivity contribution in [3.63, 3.8) is 0 Å². The highest BCUT2D eigenvalue weighted by Gasteiger charge is 2.27. The van der Waals surface area contributed by atoms with Crippen molar-refractivity contribution in [2.24, 2.45) is 0 Å². The first-order valence-electron chi connectivity index (χ1n) is 8.13. The van der Waals surface area contributed by atoms with E-state index in [0.717, 1.165) is 27.2 Å². The summed E-state index contributed by atoms with van der Waals surface area (Å²) in [6, 6.07) is 13.5. The van der Waals surface area contributed by atoms with Crippen molar-refractivity contribution >= 4 is 27.4 Å². The smallest absolute Gasteiger partial charge is 0.157 e. The van der Waals surface area contributed by atoms with Gasteiger partial charge in [-0.2, -0.15) is 0 Å². The minimum absolute atomic E-state index is 0.144. The van der Waals surface area contributed by atoms with E-state index in [1.165, 1.54) is 0 Å². The molecule has 0 atom stereocenters. The van der Waals surface area contributed by atoms with Gasteiger partial charge < -0.3 is 14.8 Å². The Kier molecular flexibility index (Phi) is 6.48. The van der Waals surface area contributed by atoms with Crippen LogP contribution in [0.5, 0.6) is 11.5 Å². The van der Waals surface area contributed by atoms with E-state index in [1.807, 2.05) is 56.3 Å². The Bertz CT molecular complexity index is 743. The molecular weight excluding hydrogens is 382 g/mol.